The molecule has 2 rings (SSSR count). The Hall–Kier alpha value is -1.77. The zero-order valence-electron chi connectivity index (χ0n) is 11.3. The van der Waals surface area contributed by atoms with Crippen molar-refractivity contribution in [3.05, 3.63) is 47.3 Å². The van der Waals surface area contributed by atoms with Gasteiger partial charge in [0.1, 0.15) is 0 Å². The number of aromatic nitrogens is 2. The fourth-order valence-corrected chi connectivity index (χ4v) is 2.17. The lowest BCUT2D eigenvalue weighted by Crippen LogP contribution is -2.07. The number of aromatic amines is 1. The van der Waals surface area contributed by atoms with Gasteiger partial charge in [-0.05, 0) is 31.7 Å². The average Bonchev–Trinajstić information content (AvgIpc) is 2.71. The van der Waals surface area contributed by atoms with Gasteiger partial charge in [-0.2, -0.15) is 5.10 Å². The number of hydrogen-bond donors (Lipinski definition) is 2. The molecule has 0 saturated heterocycles. The summed E-state index contributed by atoms with van der Waals surface area (Å²) in [6.07, 6.45) is 1.12. The summed E-state index contributed by atoms with van der Waals surface area (Å²) >= 11 is 0. The van der Waals surface area contributed by atoms with E-state index in [0.717, 1.165) is 30.0 Å². The summed E-state index contributed by atoms with van der Waals surface area (Å²) in [5.74, 6) is 0.575. The third-order valence-electron chi connectivity index (χ3n) is 3.38. The van der Waals surface area contributed by atoms with E-state index in [4.69, 9.17) is 0 Å². The maximum absolute atomic E-state index is 4.18. The van der Waals surface area contributed by atoms with Crippen molar-refractivity contribution in [2.24, 2.45) is 0 Å². The highest BCUT2D eigenvalue weighted by Crippen LogP contribution is 2.20. The first kappa shape index (κ1) is 12.7. The first-order valence-corrected chi connectivity index (χ1v) is 6.49. The van der Waals surface area contributed by atoms with Crippen LogP contribution in [0.2, 0.25) is 0 Å². The highest BCUT2D eigenvalue weighted by atomic mass is 15.1. The molecule has 0 aliphatic carbocycles. The molecule has 1 atom stereocenters. The number of rotatable bonds is 5. The Kier molecular flexibility index (Phi) is 4.03. The Labute approximate surface area is 109 Å². The van der Waals surface area contributed by atoms with Crippen molar-refractivity contribution in [2.75, 3.05) is 11.9 Å². The number of aryl methyl sites for hydroxylation is 2. The second kappa shape index (κ2) is 5.71. The fraction of sp³-hybridized carbons (Fsp3) is 0.400. The highest BCUT2D eigenvalue weighted by molar-refractivity contribution is 5.51. The van der Waals surface area contributed by atoms with Crippen molar-refractivity contribution in [3.63, 3.8) is 0 Å². The number of benzene rings is 1. The third-order valence-corrected chi connectivity index (χ3v) is 3.38. The molecule has 2 N–H and O–H groups in total. The van der Waals surface area contributed by atoms with Crippen molar-refractivity contribution in [1.82, 2.24) is 10.2 Å². The SMILES string of the molecule is Cc1n[nH]c(C)c1NCCC(C)c1ccccc1. The van der Waals surface area contributed by atoms with Gasteiger partial charge in [0.25, 0.3) is 0 Å². The van der Waals surface area contributed by atoms with Crippen molar-refractivity contribution in [3.8, 4) is 0 Å². The summed E-state index contributed by atoms with van der Waals surface area (Å²) in [6, 6.07) is 10.7. The molecule has 18 heavy (non-hydrogen) atoms. The molecule has 1 heterocycles. The molecule has 1 aromatic heterocycles. The standard InChI is InChI=1S/C15H21N3/c1-11(14-7-5-4-6-8-14)9-10-16-15-12(2)17-18-13(15)3/h4-8,11,16H,9-10H2,1-3H3,(H,17,18). The van der Waals surface area contributed by atoms with Crippen LogP contribution in [0.25, 0.3) is 0 Å². The number of anilines is 1. The predicted molar refractivity (Wildman–Crippen MR) is 76.0 cm³/mol. The molecule has 3 heteroatoms. The summed E-state index contributed by atoms with van der Waals surface area (Å²) in [5.41, 5.74) is 4.70. The van der Waals surface area contributed by atoms with E-state index >= 15 is 0 Å². The first-order chi connectivity index (χ1) is 8.68. The average molecular weight is 243 g/mol. The molecule has 0 fully saturated rings. The van der Waals surface area contributed by atoms with Crippen molar-refractivity contribution in [1.29, 1.82) is 0 Å². The number of nitrogens with zero attached hydrogens (tertiary/aromatic N) is 1. The minimum Gasteiger partial charge on any atom is -0.382 e. The van der Waals surface area contributed by atoms with E-state index in [1.54, 1.807) is 0 Å². The Bertz CT molecular complexity index is 468. The Balaban J connectivity index is 1.86. The van der Waals surface area contributed by atoms with E-state index < -0.39 is 0 Å². The van der Waals surface area contributed by atoms with Crippen LogP contribution >= 0.6 is 0 Å². The van der Waals surface area contributed by atoms with Gasteiger partial charge in [0.05, 0.1) is 17.1 Å². The van der Waals surface area contributed by atoms with Crippen LogP contribution in [0.3, 0.4) is 0 Å². The minimum atomic E-state index is 0.575. The monoisotopic (exact) mass is 243 g/mol. The molecule has 2 aromatic rings. The lowest BCUT2D eigenvalue weighted by Gasteiger charge is -2.13. The summed E-state index contributed by atoms with van der Waals surface area (Å²) in [6.45, 7) is 7.30. The van der Waals surface area contributed by atoms with Crippen LogP contribution in [0.1, 0.15) is 36.2 Å². The molecule has 0 spiro atoms. The molecular formula is C15H21N3. The van der Waals surface area contributed by atoms with Gasteiger partial charge in [0.2, 0.25) is 0 Å². The van der Waals surface area contributed by atoms with E-state index in [2.05, 4.69) is 52.8 Å². The van der Waals surface area contributed by atoms with E-state index in [9.17, 15) is 0 Å². The number of hydrogen-bond acceptors (Lipinski definition) is 2. The Morgan fingerprint density at radius 3 is 2.56 bits per heavy atom. The fourth-order valence-electron chi connectivity index (χ4n) is 2.17. The number of nitrogens with one attached hydrogen (secondary N) is 2. The summed E-state index contributed by atoms with van der Waals surface area (Å²) in [4.78, 5) is 0. The molecule has 1 unspecified atom stereocenters. The molecular weight excluding hydrogens is 222 g/mol. The number of H-pyrrole nitrogens is 1. The van der Waals surface area contributed by atoms with Crippen LogP contribution in [0.4, 0.5) is 5.69 Å². The van der Waals surface area contributed by atoms with Gasteiger partial charge < -0.3 is 5.32 Å². The summed E-state index contributed by atoms with van der Waals surface area (Å²) in [5, 5.41) is 10.6. The summed E-state index contributed by atoms with van der Waals surface area (Å²) in [7, 11) is 0. The van der Waals surface area contributed by atoms with E-state index in [-0.39, 0.29) is 0 Å². The minimum absolute atomic E-state index is 0.575. The van der Waals surface area contributed by atoms with Gasteiger partial charge in [0, 0.05) is 6.54 Å². The van der Waals surface area contributed by atoms with E-state index in [0.29, 0.717) is 5.92 Å². The molecule has 3 nitrogen and oxygen atoms in total. The lowest BCUT2D eigenvalue weighted by molar-refractivity contribution is 0.705. The second-order valence-corrected chi connectivity index (χ2v) is 4.84. The van der Waals surface area contributed by atoms with Gasteiger partial charge in [-0.1, -0.05) is 37.3 Å². The quantitative estimate of drug-likeness (QED) is 0.842. The molecule has 0 aliphatic rings. The first-order valence-electron chi connectivity index (χ1n) is 6.49. The third kappa shape index (κ3) is 2.92. The van der Waals surface area contributed by atoms with Crippen LogP contribution in [-0.4, -0.2) is 16.7 Å². The topological polar surface area (TPSA) is 40.7 Å². The largest absolute Gasteiger partial charge is 0.382 e. The van der Waals surface area contributed by atoms with Gasteiger partial charge >= 0.3 is 0 Å². The molecule has 96 valence electrons. The molecule has 0 saturated carbocycles. The van der Waals surface area contributed by atoms with E-state index in [1.807, 2.05) is 13.8 Å². The van der Waals surface area contributed by atoms with Crippen molar-refractivity contribution < 1.29 is 0 Å². The Morgan fingerprint density at radius 2 is 1.94 bits per heavy atom. The van der Waals surface area contributed by atoms with Crippen molar-refractivity contribution in [2.45, 2.75) is 33.1 Å². The van der Waals surface area contributed by atoms with Crippen molar-refractivity contribution >= 4 is 5.69 Å². The zero-order chi connectivity index (χ0) is 13.0. The van der Waals surface area contributed by atoms with Crippen LogP contribution in [0.5, 0.6) is 0 Å². The van der Waals surface area contributed by atoms with Gasteiger partial charge in [-0.3, -0.25) is 5.10 Å². The van der Waals surface area contributed by atoms with Gasteiger partial charge in [-0.25, -0.2) is 0 Å². The zero-order valence-corrected chi connectivity index (χ0v) is 11.3. The van der Waals surface area contributed by atoms with Crippen LogP contribution in [-0.2, 0) is 0 Å². The lowest BCUT2D eigenvalue weighted by atomic mass is 9.98. The van der Waals surface area contributed by atoms with E-state index in [1.165, 1.54) is 5.56 Å². The van der Waals surface area contributed by atoms with Gasteiger partial charge in [-0.15, -0.1) is 0 Å². The van der Waals surface area contributed by atoms with Gasteiger partial charge in [0.15, 0.2) is 0 Å². The molecule has 0 aliphatic heterocycles. The summed E-state index contributed by atoms with van der Waals surface area (Å²) < 4.78 is 0. The van der Waals surface area contributed by atoms with Crippen LogP contribution in [0, 0.1) is 13.8 Å². The molecule has 0 amide bonds. The maximum atomic E-state index is 4.18. The smallest absolute Gasteiger partial charge is 0.0825 e. The van der Waals surface area contributed by atoms with Crippen LogP contribution < -0.4 is 5.32 Å². The molecule has 1 aromatic carbocycles. The molecule has 0 bridgehead atoms. The highest BCUT2D eigenvalue weighted by Gasteiger charge is 2.07. The predicted octanol–water partition coefficient (Wildman–Crippen LogP) is 3.63. The second-order valence-electron chi connectivity index (χ2n) is 4.84. The normalized spacial score (nSPS) is 12.4. The van der Waals surface area contributed by atoms with Crippen LogP contribution in [0.15, 0.2) is 30.3 Å². The maximum Gasteiger partial charge on any atom is 0.0825 e. The molecule has 0 radical (unpaired) electrons. The Morgan fingerprint density at radius 1 is 1.22 bits per heavy atom.